The molecule has 2 N–H and O–H groups in total. The van der Waals surface area contributed by atoms with Crippen LogP contribution in [-0.4, -0.2) is 49.8 Å². The second kappa shape index (κ2) is 11.0. The van der Waals surface area contributed by atoms with Crippen LogP contribution in [0.15, 0.2) is 48.6 Å². The highest BCUT2D eigenvalue weighted by Gasteiger charge is 2.08. The number of amides is 1. The zero-order chi connectivity index (χ0) is 21.2. The van der Waals surface area contributed by atoms with Crippen molar-refractivity contribution >= 4 is 22.8 Å². The van der Waals surface area contributed by atoms with Crippen LogP contribution in [0.4, 0.5) is 4.79 Å². The molecule has 1 atom stereocenters. The van der Waals surface area contributed by atoms with Crippen molar-refractivity contribution in [3.05, 3.63) is 48.6 Å². The van der Waals surface area contributed by atoms with E-state index >= 15 is 0 Å². The number of fused-ring (bicyclic) bond motifs is 1. The number of ether oxygens (including phenoxy) is 4. The summed E-state index contributed by atoms with van der Waals surface area (Å²) in [6.07, 6.45) is -1.54. The summed E-state index contributed by atoms with van der Waals surface area (Å²) in [6, 6.07) is 10.5. The number of aliphatic hydroxyl groups excluding tert-OH is 1. The van der Waals surface area contributed by atoms with Crippen LogP contribution in [0.5, 0.6) is 11.5 Å². The lowest BCUT2D eigenvalue weighted by atomic mass is 10.1. The summed E-state index contributed by atoms with van der Waals surface area (Å²) in [5.41, 5.74) is 0.329. The zero-order valence-corrected chi connectivity index (χ0v) is 16.5. The zero-order valence-electron chi connectivity index (χ0n) is 16.5. The fraction of sp³-hybridized carbons (Fsp3) is 0.333. The molecular weight excluding hydrogens is 378 g/mol. The molecule has 1 unspecified atom stereocenters. The lowest BCUT2D eigenvalue weighted by molar-refractivity contribution is -0.140. The van der Waals surface area contributed by atoms with Crippen molar-refractivity contribution in [3.8, 4) is 11.5 Å². The second-order valence-electron chi connectivity index (χ2n) is 6.20. The quantitative estimate of drug-likeness (QED) is 0.272. The largest absolute Gasteiger partial charge is 0.465 e. The molecule has 156 valence electrons. The number of aliphatic hydroxyl groups is 1. The number of hydrogen-bond acceptors (Lipinski definition) is 7. The van der Waals surface area contributed by atoms with Gasteiger partial charge >= 0.3 is 12.1 Å². The van der Waals surface area contributed by atoms with Gasteiger partial charge in [0.2, 0.25) is 0 Å². The Bertz CT molecular complexity index is 863. The molecule has 8 heteroatoms. The topological polar surface area (TPSA) is 103 Å². The minimum absolute atomic E-state index is 0.119. The highest BCUT2D eigenvalue weighted by molar-refractivity contribution is 5.90. The van der Waals surface area contributed by atoms with Gasteiger partial charge in [-0.2, -0.15) is 0 Å². The van der Waals surface area contributed by atoms with E-state index in [9.17, 15) is 14.7 Å². The molecule has 0 aliphatic heterocycles. The van der Waals surface area contributed by atoms with Gasteiger partial charge in [0, 0.05) is 17.5 Å². The van der Waals surface area contributed by atoms with Crippen molar-refractivity contribution in [2.75, 3.05) is 26.4 Å². The first-order chi connectivity index (χ1) is 13.9. The minimum Gasteiger partial charge on any atom is -0.465 e. The number of carbonyl (C=O) groups excluding carboxylic acids is 2. The summed E-state index contributed by atoms with van der Waals surface area (Å²) < 4.78 is 20.7. The summed E-state index contributed by atoms with van der Waals surface area (Å²) in [6.45, 7) is 7.40. The van der Waals surface area contributed by atoms with Crippen LogP contribution in [-0.2, 0) is 14.3 Å². The van der Waals surface area contributed by atoms with Gasteiger partial charge in [0.05, 0.1) is 13.2 Å². The van der Waals surface area contributed by atoms with Crippen molar-refractivity contribution in [3.63, 3.8) is 0 Å². The van der Waals surface area contributed by atoms with E-state index in [0.717, 1.165) is 10.8 Å². The van der Waals surface area contributed by atoms with E-state index in [0.29, 0.717) is 17.1 Å². The van der Waals surface area contributed by atoms with Crippen LogP contribution < -0.4 is 14.8 Å². The maximum atomic E-state index is 11.9. The first-order valence-electron chi connectivity index (χ1n) is 9.10. The van der Waals surface area contributed by atoms with Crippen LogP contribution in [0.25, 0.3) is 10.8 Å². The van der Waals surface area contributed by atoms with Gasteiger partial charge in [0.15, 0.2) is 6.29 Å². The van der Waals surface area contributed by atoms with E-state index in [4.69, 9.17) is 18.9 Å². The number of esters is 1. The lowest BCUT2D eigenvalue weighted by Crippen LogP contribution is -2.30. The van der Waals surface area contributed by atoms with Crippen LogP contribution in [0.1, 0.15) is 13.8 Å². The van der Waals surface area contributed by atoms with Crippen molar-refractivity contribution in [2.45, 2.75) is 20.1 Å². The van der Waals surface area contributed by atoms with Gasteiger partial charge in [-0.3, -0.25) is 0 Å². The van der Waals surface area contributed by atoms with E-state index in [1.165, 1.54) is 6.92 Å². The van der Waals surface area contributed by atoms with Gasteiger partial charge in [-0.25, -0.2) is 9.59 Å². The average molecular weight is 403 g/mol. The molecule has 0 aliphatic carbocycles. The number of carbonyl (C=O) groups is 2. The first kappa shape index (κ1) is 22.2. The molecule has 8 nitrogen and oxygen atoms in total. The molecule has 0 saturated heterocycles. The van der Waals surface area contributed by atoms with E-state index < -0.39 is 18.4 Å². The number of hydrogen-bond donors (Lipinski definition) is 2. The summed E-state index contributed by atoms with van der Waals surface area (Å²) >= 11 is 0. The normalized spacial score (nSPS) is 11.6. The Morgan fingerprint density at radius 2 is 1.97 bits per heavy atom. The van der Waals surface area contributed by atoms with Crippen molar-refractivity contribution in [2.24, 2.45) is 0 Å². The summed E-state index contributed by atoms with van der Waals surface area (Å²) in [4.78, 5) is 23.1. The Morgan fingerprint density at radius 3 is 2.69 bits per heavy atom. The third-order valence-corrected chi connectivity index (χ3v) is 3.64. The Morgan fingerprint density at radius 1 is 1.17 bits per heavy atom. The molecule has 0 saturated carbocycles. The van der Waals surface area contributed by atoms with Gasteiger partial charge < -0.3 is 29.4 Å². The van der Waals surface area contributed by atoms with Crippen molar-refractivity contribution in [1.29, 1.82) is 0 Å². The minimum atomic E-state index is -0.928. The first-order valence-corrected chi connectivity index (χ1v) is 9.10. The molecule has 0 heterocycles. The molecule has 0 aliphatic rings. The standard InChI is InChI=1S/C21H25NO7/c1-14(2)20(24)27-12-11-26-10-9-22-21(25)29-17-7-8-18-16(13-17)5-4-6-19(18)28-15(3)23/h4-8,13,15,23H,1,9-12H2,2-3H3,(H,22,25). The van der Waals surface area contributed by atoms with Crippen molar-refractivity contribution in [1.82, 2.24) is 5.32 Å². The smallest absolute Gasteiger partial charge is 0.412 e. The Kier molecular flexibility index (Phi) is 8.45. The molecule has 2 aromatic rings. The second-order valence-corrected chi connectivity index (χ2v) is 6.20. The predicted octanol–water partition coefficient (Wildman–Crippen LogP) is 2.78. The van der Waals surface area contributed by atoms with E-state index in [-0.39, 0.29) is 26.4 Å². The Hall–Kier alpha value is -3.10. The summed E-state index contributed by atoms with van der Waals surface area (Å²) in [5.74, 6) is 0.451. The molecular formula is C21H25NO7. The Balaban J connectivity index is 1.74. The Labute approximate surface area is 169 Å². The monoisotopic (exact) mass is 403 g/mol. The highest BCUT2D eigenvalue weighted by atomic mass is 16.6. The molecule has 2 aromatic carbocycles. The fourth-order valence-corrected chi connectivity index (χ4v) is 2.37. The highest BCUT2D eigenvalue weighted by Crippen LogP contribution is 2.29. The number of nitrogens with one attached hydrogen (secondary N) is 1. The SMILES string of the molecule is C=C(C)C(=O)OCCOCCNC(=O)Oc1ccc2c(OC(C)O)cccc2c1. The molecule has 1 amide bonds. The van der Waals surface area contributed by atoms with Crippen LogP contribution in [0, 0.1) is 0 Å². The third-order valence-electron chi connectivity index (χ3n) is 3.64. The third kappa shape index (κ3) is 7.44. The molecule has 29 heavy (non-hydrogen) atoms. The van der Waals surface area contributed by atoms with Gasteiger partial charge in [-0.05, 0) is 43.5 Å². The number of benzene rings is 2. The van der Waals surface area contributed by atoms with Crippen molar-refractivity contribution < 1.29 is 33.6 Å². The summed E-state index contributed by atoms with van der Waals surface area (Å²) in [5, 5.41) is 13.6. The molecule has 0 fully saturated rings. The fourth-order valence-electron chi connectivity index (χ4n) is 2.37. The number of rotatable bonds is 10. The van der Waals surface area contributed by atoms with Crippen LogP contribution >= 0.6 is 0 Å². The molecule has 0 radical (unpaired) electrons. The van der Waals surface area contributed by atoms with Crippen LogP contribution in [0.3, 0.4) is 0 Å². The lowest BCUT2D eigenvalue weighted by Gasteiger charge is -2.12. The average Bonchev–Trinajstić information content (AvgIpc) is 2.66. The van der Waals surface area contributed by atoms with Crippen LogP contribution in [0.2, 0.25) is 0 Å². The molecule has 0 spiro atoms. The molecule has 0 aromatic heterocycles. The predicted molar refractivity (Wildman–Crippen MR) is 107 cm³/mol. The van der Waals surface area contributed by atoms with Gasteiger partial charge in [0.1, 0.15) is 18.1 Å². The maximum absolute atomic E-state index is 11.9. The van der Waals surface area contributed by atoms with Gasteiger partial charge in [0.25, 0.3) is 0 Å². The van der Waals surface area contributed by atoms with E-state index in [1.54, 1.807) is 37.3 Å². The van der Waals surface area contributed by atoms with E-state index in [1.807, 2.05) is 6.07 Å². The molecule has 2 rings (SSSR count). The van der Waals surface area contributed by atoms with Gasteiger partial charge in [-0.1, -0.05) is 18.7 Å². The summed E-state index contributed by atoms with van der Waals surface area (Å²) in [7, 11) is 0. The maximum Gasteiger partial charge on any atom is 0.412 e. The van der Waals surface area contributed by atoms with Gasteiger partial charge in [-0.15, -0.1) is 0 Å². The van der Waals surface area contributed by atoms with E-state index in [2.05, 4.69) is 11.9 Å². The molecule has 0 bridgehead atoms.